The fraction of sp³-hybridized carbons (Fsp3) is 0.483. The molecule has 0 spiro atoms. The zero-order valence-electron chi connectivity index (χ0n) is 21.7. The van der Waals surface area contributed by atoms with Gasteiger partial charge in [-0.15, -0.1) is 0 Å². The van der Waals surface area contributed by atoms with Gasteiger partial charge in [0.25, 0.3) is 0 Å². The molecule has 7 nitrogen and oxygen atoms in total. The molecule has 214 valence electrons. The largest absolute Gasteiger partial charge is 0.506 e. The molecule has 40 heavy (non-hydrogen) atoms. The molecule has 2 atom stereocenters. The first-order chi connectivity index (χ1) is 18.8. The predicted molar refractivity (Wildman–Crippen MR) is 156 cm³/mol. The number of hydrogen-bond acceptors (Lipinski definition) is 7. The van der Waals surface area contributed by atoms with E-state index in [0.717, 1.165) is 22.8 Å². The Kier molecular flexibility index (Phi) is 8.10. The minimum atomic E-state index is -3.57. The molecule has 2 unspecified atom stereocenters. The normalized spacial score (nSPS) is 26.8. The number of ether oxygens (including phenoxy) is 3. The second-order valence-electron chi connectivity index (χ2n) is 11.5. The quantitative estimate of drug-likeness (QED) is 0.182. The fourth-order valence-corrected chi connectivity index (χ4v) is 9.00. The SMILES string of the molecule is CC(F)(F)C(=O)OCC12CC3CC(C1)CC(OC(=O)c1ccccc1C(=O)OCc1cc(I)cc(I)c1O)(C3)C2. The smallest absolute Gasteiger partial charge is 0.376 e. The van der Waals surface area contributed by atoms with Gasteiger partial charge in [0, 0.05) is 21.5 Å². The molecule has 0 radical (unpaired) electrons. The lowest BCUT2D eigenvalue weighted by atomic mass is 9.48. The summed E-state index contributed by atoms with van der Waals surface area (Å²) in [6.45, 7) is 0.214. The molecule has 1 N–H and O–H groups in total. The van der Waals surface area contributed by atoms with Crippen molar-refractivity contribution >= 4 is 63.1 Å². The molecule has 11 heteroatoms. The van der Waals surface area contributed by atoms with E-state index in [1.165, 1.54) is 12.1 Å². The van der Waals surface area contributed by atoms with Crippen molar-refractivity contribution in [3.8, 4) is 5.75 Å². The third kappa shape index (κ3) is 6.09. The summed E-state index contributed by atoms with van der Waals surface area (Å²) in [5.41, 5.74) is -0.773. The van der Waals surface area contributed by atoms with Crippen LogP contribution in [0.3, 0.4) is 0 Å². The second-order valence-corrected chi connectivity index (χ2v) is 13.9. The van der Waals surface area contributed by atoms with Gasteiger partial charge >= 0.3 is 23.8 Å². The van der Waals surface area contributed by atoms with Crippen LogP contribution in [-0.4, -0.2) is 41.1 Å². The Balaban J connectivity index is 1.31. The first-order valence-corrected chi connectivity index (χ1v) is 15.2. The lowest BCUT2D eigenvalue weighted by molar-refractivity contribution is -0.197. The highest BCUT2D eigenvalue weighted by atomic mass is 127. The van der Waals surface area contributed by atoms with E-state index in [1.54, 1.807) is 24.3 Å². The third-order valence-electron chi connectivity index (χ3n) is 8.14. The molecule has 0 aromatic heterocycles. The van der Waals surface area contributed by atoms with Gasteiger partial charge in [0.15, 0.2) is 0 Å². The lowest BCUT2D eigenvalue weighted by Gasteiger charge is -2.60. The van der Waals surface area contributed by atoms with Crippen molar-refractivity contribution in [3.63, 3.8) is 0 Å². The summed E-state index contributed by atoms with van der Waals surface area (Å²) < 4.78 is 45.0. The topological polar surface area (TPSA) is 99.1 Å². The number of phenolic OH excluding ortho intramolecular Hbond substituents is 1. The maximum atomic E-state index is 13.5. The van der Waals surface area contributed by atoms with Crippen molar-refractivity contribution in [2.45, 2.75) is 63.6 Å². The molecule has 4 fully saturated rings. The molecular weight excluding hydrogens is 752 g/mol. The van der Waals surface area contributed by atoms with E-state index < -0.39 is 34.8 Å². The second kappa shape index (κ2) is 11.0. The molecule has 4 aliphatic rings. The average molecular weight is 780 g/mol. The molecular formula is C29H28F2I2O7. The molecule has 4 aliphatic carbocycles. The Morgan fingerprint density at radius 1 is 1.00 bits per heavy atom. The van der Waals surface area contributed by atoms with E-state index in [9.17, 15) is 28.3 Å². The molecule has 2 aromatic rings. The molecule has 2 aromatic carbocycles. The van der Waals surface area contributed by atoms with Gasteiger partial charge in [0.1, 0.15) is 18.0 Å². The number of halogens is 4. The van der Waals surface area contributed by atoms with Crippen molar-refractivity contribution in [1.29, 1.82) is 0 Å². The molecule has 4 bridgehead atoms. The Hall–Kier alpha value is -2.03. The van der Waals surface area contributed by atoms with Crippen molar-refractivity contribution < 1.29 is 42.5 Å². The number of alkyl halides is 2. The van der Waals surface area contributed by atoms with Crippen LogP contribution in [0.15, 0.2) is 36.4 Å². The van der Waals surface area contributed by atoms with Crippen LogP contribution in [0.25, 0.3) is 0 Å². The van der Waals surface area contributed by atoms with Crippen LogP contribution in [0.1, 0.15) is 71.7 Å². The lowest BCUT2D eigenvalue weighted by Crippen LogP contribution is -2.59. The monoisotopic (exact) mass is 780 g/mol. The maximum absolute atomic E-state index is 13.5. The molecule has 0 aliphatic heterocycles. The predicted octanol–water partition coefficient (Wildman–Crippen LogP) is 6.65. The summed E-state index contributed by atoms with van der Waals surface area (Å²) in [6.07, 6.45) is 4.14. The van der Waals surface area contributed by atoms with Crippen molar-refractivity contribution in [2.24, 2.45) is 17.3 Å². The highest BCUT2D eigenvalue weighted by Crippen LogP contribution is 2.63. The molecule has 0 heterocycles. The summed E-state index contributed by atoms with van der Waals surface area (Å²) in [5, 5.41) is 10.3. The average Bonchev–Trinajstić information content (AvgIpc) is 2.86. The Morgan fingerprint density at radius 3 is 2.25 bits per heavy atom. The minimum Gasteiger partial charge on any atom is -0.506 e. The minimum absolute atomic E-state index is 0.0330. The zero-order valence-corrected chi connectivity index (χ0v) is 26.0. The highest BCUT2D eigenvalue weighted by molar-refractivity contribution is 14.1. The number of phenols is 1. The van der Waals surface area contributed by atoms with Gasteiger partial charge in [-0.1, -0.05) is 12.1 Å². The van der Waals surface area contributed by atoms with E-state index in [2.05, 4.69) is 22.6 Å². The van der Waals surface area contributed by atoms with Gasteiger partial charge in [0.2, 0.25) is 0 Å². The maximum Gasteiger partial charge on any atom is 0.376 e. The zero-order chi connectivity index (χ0) is 28.9. The van der Waals surface area contributed by atoms with E-state index in [4.69, 9.17) is 14.2 Å². The van der Waals surface area contributed by atoms with Crippen LogP contribution in [0.4, 0.5) is 8.78 Å². The summed E-state index contributed by atoms with van der Waals surface area (Å²) in [5.74, 6) is -6.00. The molecule has 6 rings (SSSR count). The van der Waals surface area contributed by atoms with Crippen LogP contribution in [0, 0.1) is 24.4 Å². The number of carbonyl (C=O) groups excluding carboxylic acids is 3. The number of aromatic hydroxyl groups is 1. The first kappa shape index (κ1) is 29.5. The standard InChI is InChI=1S/C29H28F2I2O7/c1-27(30,31)26(37)39-15-28-9-16-6-17(10-28)12-29(11-16,14-28)40-25(36)21-5-3-2-4-20(21)24(35)38-13-18-7-19(32)8-22(33)23(18)34/h2-5,7-8,16-17,34H,6,9-15H2,1H3. The van der Waals surface area contributed by atoms with Gasteiger partial charge in [-0.3, -0.25) is 0 Å². The Labute approximate surface area is 257 Å². The van der Waals surface area contributed by atoms with Crippen molar-refractivity contribution in [3.05, 3.63) is 60.2 Å². The Bertz CT molecular complexity index is 1340. The van der Waals surface area contributed by atoms with Gasteiger partial charge in [-0.25, -0.2) is 14.4 Å². The summed E-state index contributed by atoms with van der Waals surface area (Å²) in [4.78, 5) is 38.3. The van der Waals surface area contributed by atoms with Crippen LogP contribution in [0.5, 0.6) is 5.75 Å². The van der Waals surface area contributed by atoms with Gasteiger partial charge in [0.05, 0.1) is 21.3 Å². The fourth-order valence-electron chi connectivity index (χ4n) is 7.04. The van der Waals surface area contributed by atoms with E-state index in [1.807, 2.05) is 22.6 Å². The summed E-state index contributed by atoms with van der Waals surface area (Å²) in [6, 6.07) is 9.76. The number of carbonyl (C=O) groups is 3. The first-order valence-electron chi connectivity index (χ1n) is 13.0. The molecule has 4 saturated carbocycles. The number of esters is 3. The summed E-state index contributed by atoms with van der Waals surface area (Å²) >= 11 is 4.11. The van der Waals surface area contributed by atoms with Crippen LogP contribution >= 0.6 is 45.2 Å². The van der Waals surface area contributed by atoms with Gasteiger partial charge in [-0.2, -0.15) is 8.78 Å². The van der Waals surface area contributed by atoms with Gasteiger partial charge < -0.3 is 19.3 Å². The van der Waals surface area contributed by atoms with Crippen LogP contribution < -0.4 is 0 Å². The van der Waals surface area contributed by atoms with Crippen LogP contribution in [0.2, 0.25) is 0 Å². The number of hydrogen-bond donors (Lipinski definition) is 1. The van der Waals surface area contributed by atoms with Gasteiger partial charge in [-0.05, 0) is 120 Å². The highest BCUT2D eigenvalue weighted by Gasteiger charge is 2.60. The third-order valence-corrected chi connectivity index (χ3v) is 9.58. The van der Waals surface area contributed by atoms with Crippen LogP contribution in [-0.2, 0) is 25.6 Å². The summed E-state index contributed by atoms with van der Waals surface area (Å²) in [7, 11) is 0. The van der Waals surface area contributed by atoms with E-state index >= 15 is 0 Å². The number of rotatable bonds is 8. The van der Waals surface area contributed by atoms with E-state index in [-0.39, 0.29) is 41.9 Å². The number of benzene rings is 2. The van der Waals surface area contributed by atoms with Crippen molar-refractivity contribution in [2.75, 3.05) is 6.61 Å². The van der Waals surface area contributed by atoms with E-state index in [0.29, 0.717) is 35.3 Å². The van der Waals surface area contributed by atoms with Crippen molar-refractivity contribution in [1.82, 2.24) is 0 Å². The molecule has 0 amide bonds. The Morgan fingerprint density at radius 2 is 1.62 bits per heavy atom. The molecule has 0 saturated heterocycles.